The summed E-state index contributed by atoms with van der Waals surface area (Å²) < 4.78 is 6.32. The summed E-state index contributed by atoms with van der Waals surface area (Å²) in [5.74, 6) is -1.01. The van der Waals surface area contributed by atoms with E-state index in [1.54, 1.807) is 18.7 Å². The third kappa shape index (κ3) is 5.29. The Hall–Kier alpha value is -3.22. The summed E-state index contributed by atoms with van der Waals surface area (Å²) >= 11 is 0. The highest BCUT2D eigenvalue weighted by atomic mass is 16.6. The number of nitrogens with one attached hydrogen (secondary N) is 3. The van der Waals surface area contributed by atoms with E-state index >= 15 is 0 Å². The van der Waals surface area contributed by atoms with Crippen molar-refractivity contribution >= 4 is 23.6 Å². The number of ether oxygens (including phenoxy) is 1. The minimum absolute atomic E-state index is 0.147. The molecule has 3 heterocycles. The maximum absolute atomic E-state index is 13.4. The summed E-state index contributed by atoms with van der Waals surface area (Å²) in [5.41, 5.74) is -1.56. The predicted molar refractivity (Wildman–Crippen MR) is 121 cm³/mol. The fourth-order valence-corrected chi connectivity index (χ4v) is 4.53. The van der Waals surface area contributed by atoms with Crippen molar-refractivity contribution in [3.8, 4) is 0 Å². The van der Waals surface area contributed by atoms with Crippen LogP contribution >= 0.6 is 0 Å². The number of hydrogen-bond donors (Lipinski definition) is 3. The molecule has 3 rings (SSSR count). The molecule has 0 aromatic carbocycles. The van der Waals surface area contributed by atoms with E-state index in [0.29, 0.717) is 58.5 Å². The molecule has 3 amide bonds. The zero-order valence-electron chi connectivity index (χ0n) is 19.9. The summed E-state index contributed by atoms with van der Waals surface area (Å²) in [6.45, 7) is 7.52. The average Bonchev–Trinajstić information content (AvgIpc) is 3.17. The van der Waals surface area contributed by atoms with Gasteiger partial charge in [0.25, 0.3) is 5.91 Å². The quantitative estimate of drug-likeness (QED) is 0.381. The fraction of sp³-hybridized carbons (Fsp3) is 0.714. The number of likely N-dealkylation sites (tertiary alicyclic amines) is 1. The zero-order valence-corrected chi connectivity index (χ0v) is 19.9. The summed E-state index contributed by atoms with van der Waals surface area (Å²) in [6, 6.07) is -0.153. The normalized spacial score (nSPS) is 18.3. The van der Waals surface area contributed by atoms with Crippen molar-refractivity contribution in [2.24, 2.45) is 0 Å². The van der Waals surface area contributed by atoms with Gasteiger partial charge in [0.2, 0.25) is 11.6 Å². The van der Waals surface area contributed by atoms with Gasteiger partial charge in [-0.3, -0.25) is 24.4 Å². The van der Waals surface area contributed by atoms with E-state index in [4.69, 9.17) is 4.74 Å². The van der Waals surface area contributed by atoms with Gasteiger partial charge in [-0.25, -0.2) is 4.79 Å². The van der Waals surface area contributed by atoms with Gasteiger partial charge in [0.15, 0.2) is 0 Å². The topological polar surface area (TPSA) is 161 Å². The molecule has 2 aliphatic rings. The molecule has 0 bridgehead atoms. The molecule has 3 N–H and O–H groups in total. The maximum Gasteiger partial charge on any atom is 0.409 e. The lowest BCUT2D eigenvalue weighted by atomic mass is 9.86. The van der Waals surface area contributed by atoms with Crippen LogP contribution in [0, 0.1) is 17.0 Å². The standard InChI is InChI=1S/C21H33N7O6/c1-4-27-17(16(28(32)33)14(3)25-27)18(29)24-21(8-10-22-11-9-21)19(30)23-15-6-12-26(13-7-15)20(31)34-5-2/h15,22H,4-13H2,1-3H3,(H,23,30)(H,24,29). The highest BCUT2D eigenvalue weighted by molar-refractivity contribution is 6.01. The molecule has 2 saturated heterocycles. The molecule has 0 spiro atoms. The third-order valence-corrected chi connectivity index (χ3v) is 6.39. The van der Waals surface area contributed by atoms with Crippen LogP contribution in [0.4, 0.5) is 10.5 Å². The van der Waals surface area contributed by atoms with Crippen molar-refractivity contribution in [3.63, 3.8) is 0 Å². The van der Waals surface area contributed by atoms with Gasteiger partial charge >= 0.3 is 11.8 Å². The number of amides is 3. The van der Waals surface area contributed by atoms with Crippen molar-refractivity contribution in [1.29, 1.82) is 0 Å². The number of carbonyl (C=O) groups is 3. The van der Waals surface area contributed by atoms with E-state index in [0.717, 1.165) is 0 Å². The number of aromatic nitrogens is 2. The molecule has 2 fully saturated rings. The van der Waals surface area contributed by atoms with Gasteiger partial charge < -0.3 is 25.6 Å². The highest BCUT2D eigenvalue weighted by Crippen LogP contribution is 2.26. The molecule has 13 heteroatoms. The number of nitro groups is 1. The van der Waals surface area contributed by atoms with E-state index in [2.05, 4.69) is 21.0 Å². The molecular formula is C21H33N7O6. The molecule has 0 atom stereocenters. The molecule has 0 radical (unpaired) electrons. The second-order valence-electron chi connectivity index (χ2n) is 8.58. The van der Waals surface area contributed by atoms with Crippen LogP contribution in [-0.2, 0) is 16.1 Å². The van der Waals surface area contributed by atoms with Crippen molar-refractivity contribution in [3.05, 3.63) is 21.5 Å². The van der Waals surface area contributed by atoms with Crippen LogP contribution in [0.3, 0.4) is 0 Å². The SMILES string of the molecule is CCOC(=O)N1CCC(NC(=O)C2(NC(=O)c3c([N+](=O)[O-])c(C)nn3CC)CCNCC2)CC1. The first-order valence-corrected chi connectivity index (χ1v) is 11.7. The number of carbonyl (C=O) groups excluding carboxylic acids is 3. The first kappa shape index (κ1) is 25.4. The van der Waals surface area contributed by atoms with Gasteiger partial charge in [0.1, 0.15) is 11.2 Å². The lowest BCUT2D eigenvalue weighted by Crippen LogP contribution is -2.64. The summed E-state index contributed by atoms with van der Waals surface area (Å²) in [4.78, 5) is 51.2. The molecule has 34 heavy (non-hydrogen) atoms. The maximum atomic E-state index is 13.4. The van der Waals surface area contributed by atoms with Crippen LogP contribution in [0.25, 0.3) is 0 Å². The Morgan fingerprint density at radius 1 is 1.24 bits per heavy atom. The van der Waals surface area contributed by atoms with E-state index in [1.165, 1.54) is 11.6 Å². The van der Waals surface area contributed by atoms with E-state index in [1.807, 2.05) is 0 Å². The van der Waals surface area contributed by atoms with Gasteiger partial charge in [0, 0.05) is 25.7 Å². The second kappa shape index (κ2) is 10.8. The minimum atomic E-state index is -1.20. The fourth-order valence-electron chi connectivity index (χ4n) is 4.53. The third-order valence-electron chi connectivity index (χ3n) is 6.39. The number of aryl methyl sites for hydroxylation is 2. The first-order valence-electron chi connectivity index (χ1n) is 11.7. The molecular weight excluding hydrogens is 446 g/mol. The van der Waals surface area contributed by atoms with E-state index < -0.39 is 16.4 Å². The largest absolute Gasteiger partial charge is 0.450 e. The van der Waals surface area contributed by atoms with Gasteiger partial charge in [-0.1, -0.05) is 0 Å². The number of rotatable bonds is 7. The Kier molecular flexibility index (Phi) is 8.07. The second-order valence-corrected chi connectivity index (χ2v) is 8.58. The van der Waals surface area contributed by atoms with Crippen molar-refractivity contribution in [2.45, 2.75) is 64.6 Å². The van der Waals surface area contributed by atoms with Crippen molar-refractivity contribution in [1.82, 2.24) is 30.6 Å². The van der Waals surface area contributed by atoms with Gasteiger partial charge in [-0.15, -0.1) is 0 Å². The summed E-state index contributed by atoms with van der Waals surface area (Å²) in [5, 5.41) is 24.8. The van der Waals surface area contributed by atoms with Crippen LogP contribution in [0.15, 0.2) is 0 Å². The molecule has 1 aromatic rings. The first-order chi connectivity index (χ1) is 16.2. The van der Waals surface area contributed by atoms with Crippen LogP contribution in [0.5, 0.6) is 0 Å². The number of hydrogen-bond acceptors (Lipinski definition) is 8. The number of nitrogens with zero attached hydrogens (tertiary/aromatic N) is 4. The molecule has 2 aliphatic heterocycles. The Labute approximate surface area is 197 Å². The molecule has 188 valence electrons. The van der Waals surface area contributed by atoms with Crippen molar-refractivity contribution in [2.75, 3.05) is 32.8 Å². The average molecular weight is 480 g/mol. The Balaban J connectivity index is 1.74. The lowest BCUT2D eigenvalue weighted by Gasteiger charge is -2.39. The zero-order chi connectivity index (χ0) is 24.9. The van der Waals surface area contributed by atoms with Crippen LogP contribution in [-0.4, -0.2) is 81.9 Å². The molecule has 0 aliphatic carbocycles. The highest BCUT2D eigenvalue weighted by Gasteiger charge is 2.44. The van der Waals surface area contributed by atoms with Crippen LogP contribution < -0.4 is 16.0 Å². The van der Waals surface area contributed by atoms with Crippen molar-refractivity contribution < 1.29 is 24.0 Å². The monoisotopic (exact) mass is 479 g/mol. The summed E-state index contributed by atoms with van der Waals surface area (Å²) in [6.07, 6.45) is 1.47. The Morgan fingerprint density at radius 3 is 2.44 bits per heavy atom. The number of piperidine rings is 2. The van der Waals surface area contributed by atoms with Crippen LogP contribution in [0.1, 0.15) is 55.7 Å². The Morgan fingerprint density at radius 2 is 1.88 bits per heavy atom. The van der Waals surface area contributed by atoms with E-state index in [-0.39, 0.29) is 41.7 Å². The molecule has 0 saturated carbocycles. The lowest BCUT2D eigenvalue weighted by molar-refractivity contribution is -0.385. The summed E-state index contributed by atoms with van der Waals surface area (Å²) in [7, 11) is 0. The van der Waals surface area contributed by atoms with Crippen LogP contribution in [0.2, 0.25) is 0 Å². The molecule has 1 aromatic heterocycles. The smallest absolute Gasteiger partial charge is 0.409 e. The Bertz CT molecular complexity index is 932. The predicted octanol–water partition coefficient (Wildman–Crippen LogP) is 0.709. The molecule has 13 nitrogen and oxygen atoms in total. The van der Waals surface area contributed by atoms with E-state index in [9.17, 15) is 24.5 Å². The minimum Gasteiger partial charge on any atom is -0.450 e. The van der Waals surface area contributed by atoms with Gasteiger partial charge in [-0.05, 0) is 59.5 Å². The van der Waals surface area contributed by atoms with Gasteiger partial charge in [0.05, 0.1) is 11.5 Å². The van der Waals surface area contributed by atoms with Gasteiger partial charge in [-0.2, -0.15) is 5.10 Å². The molecule has 0 unspecified atom stereocenters.